The molecule has 0 fully saturated rings. The van der Waals surface area contributed by atoms with E-state index in [1.165, 1.54) is 5.56 Å². The molecule has 0 heterocycles. The van der Waals surface area contributed by atoms with Crippen LogP contribution in [0.25, 0.3) is 0 Å². The quantitative estimate of drug-likeness (QED) is 0.626. The molecule has 0 bridgehead atoms. The van der Waals surface area contributed by atoms with Gasteiger partial charge in [0.25, 0.3) is 0 Å². The molecule has 0 aliphatic carbocycles. The van der Waals surface area contributed by atoms with Crippen LogP contribution >= 0.6 is 12.4 Å². The Balaban J connectivity index is 0.000001000. The summed E-state index contributed by atoms with van der Waals surface area (Å²) in [5.74, 6) is 0. The third-order valence-corrected chi connectivity index (χ3v) is 1.48. The molecule has 0 atom stereocenters. The van der Waals surface area contributed by atoms with Gasteiger partial charge < -0.3 is 5.41 Å². The zero-order valence-corrected chi connectivity index (χ0v) is 7.53. The molecule has 0 saturated carbocycles. The Morgan fingerprint density at radius 1 is 1.18 bits per heavy atom. The molecular formula is C9H12ClN. The molecule has 0 unspecified atom stereocenters. The van der Waals surface area contributed by atoms with Gasteiger partial charge in [0.1, 0.15) is 0 Å². The summed E-state index contributed by atoms with van der Waals surface area (Å²) >= 11 is 0. The van der Waals surface area contributed by atoms with E-state index in [0.717, 1.165) is 5.56 Å². The normalized spacial score (nSPS) is 8.55. The molecule has 60 valence electrons. The lowest BCUT2D eigenvalue weighted by Gasteiger charge is -1.96. The molecule has 1 N–H and O–H groups in total. The number of hydrogen-bond acceptors (Lipinski definition) is 1. The topological polar surface area (TPSA) is 23.9 Å². The third-order valence-electron chi connectivity index (χ3n) is 1.48. The average molecular weight is 170 g/mol. The molecule has 0 spiro atoms. The van der Waals surface area contributed by atoms with Crippen LogP contribution in [0.2, 0.25) is 0 Å². The first-order valence-electron chi connectivity index (χ1n) is 3.32. The lowest BCUT2D eigenvalue weighted by Crippen LogP contribution is -1.90. The second kappa shape index (κ2) is 4.14. The number of hydrogen-bond donors (Lipinski definition) is 1. The van der Waals surface area contributed by atoms with Crippen molar-refractivity contribution < 1.29 is 0 Å². The molecule has 1 rings (SSSR count). The molecule has 1 aromatic carbocycles. The van der Waals surface area contributed by atoms with Gasteiger partial charge in [-0.25, -0.2) is 0 Å². The van der Waals surface area contributed by atoms with Crippen LogP contribution < -0.4 is 0 Å². The number of benzene rings is 1. The van der Waals surface area contributed by atoms with E-state index in [1.54, 1.807) is 6.92 Å². The van der Waals surface area contributed by atoms with E-state index in [1.807, 2.05) is 31.2 Å². The molecule has 0 saturated heterocycles. The van der Waals surface area contributed by atoms with Crippen molar-refractivity contribution in [2.45, 2.75) is 13.8 Å². The monoisotopic (exact) mass is 169 g/mol. The Morgan fingerprint density at radius 3 is 2.00 bits per heavy atom. The predicted octanol–water partition coefficient (Wildman–Crippen LogP) is 2.80. The SMILES string of the molecule is CC(=N)c1ccc(C)cc1.Cl. The van der Waals surface area contributed by atoms with Crippen LogP contribution in [0.1, 0.15) is 18.1 Å². The van der Waals surface area contributed by atoms with Gasteiger partial charge in [-0.15, -0.1) is 12.4 Å². The summed E-state index contributed by atoms with van der Waals surface area (Å²) in [6, 6.07) is 7.98. The van der Waals surface area contributed by atoms with Gasteiger partial charge >= 0.3 is 0 Å². The van der Waals surface area contributed by atoms with Gasteiger partial charge in [-0.3, -0.25) is 0 Å². The standard InChI is InChI=1S/C9H11N.ClH/c1-7-3-5-9(6-4-7)8(2)10;/h3-6,10H,1-2H3;1H. The fourth-order valence-electron chi connectivity index (χ4n) is 0.804. The van der Waals surface area contributed by atoms with E-state index in [4.69, 9.17) is 5.41 Å². The molecule has 1 aromatic rings. The summed E-state index contributed by atoms with van der Waals surface area (Å²) in [5.41, 5.74) is 2.87. The maximum absolute atomic E-state index is 7.31. The van der Waals surface area contributed by atoms with Gasteiger partial charge in [0.05, 0.1) is 0 Å². The zero-order valence-electron chi connectivity index (χ0n) is 6.72. The van der Waals surface area contributed by atoms with Crippen molar-refractivity contribution in [3.63, 3.8) is 0 Å². The molecule has 2 heteroatoms. The summed E-state index contributed by atoms with van der Waals surface area (Å²) in [4.78, 5) is 0. The second-order valence-electron chi connectivity index (χ2n) is 2.49. The van der Waals surface area contributed by atoms with Gasteiger partial charge in [0.2, 0.25) is 0 Å². The Bertz CT molecular complexity index is 238. The number of halogens is 1. The van der Waals surface area contributed by atoms with E-state index >= 15 is 0 Å². The van der Waals surface area contributed by atoms with E-state index < -0.39 is 0 Å². The number of rotatable bonds is 1. The van der Waals surface area contributed by atoms with Crippen LogP contribution in [-0.4, -0.2) is 5.71 Å². The van der Waals surface area contributed by atoms with E-state index in [2.05, 4.69) is 0 Å². The third kappa shape index (κ3) is 2.72. The van der Waals surface area contributed by atoms with Crippen molar-refractivity contribution in [2.75, 3.05) is 0 Å². The zero-order chi connectivity index (χ0) is 7.56. The van der Waals surface area contributed by atoms with Gasteiger partial charge in [-0.1, -0.05) is 29.8 Å². The van der Waals surface area contributed by atoms with E-state index in [0.29, 0.717) is 5.71 Å². The molecule has 0 amide bonds. The summed E-state index contributed by atoms with van der Waals surface area (Å²) in [6.45, 7) is 3.84. The maximum atomic E-state index is 7.31. The summed E-state index contributed by atoms with van der Waals surface area (Å²) in [6.07, 6.45) is 0. The van der Waals surface area contributed by atoms with Crippen molar-refractivity contribution >= 4 is 18.1 Å². The first-order chi connectivity index (χ1) is 4.70. The molecule has 0 aromatic heterocycles. The Morgan fingerprint density at radius 2 is 1.64 bits per heavy atom. The Kier molecular flexibility index (Phi) is 3.83. The first kappa shape index (κ1) is 10.2. The number of aryl methyl sites for hydroxylation is 1. The molecule has 1 nitrogen and oxygen atoms in total. The van der Waals surface area contributed by atoms with Crippen LogP contribution in [-0.2, 0) is 0 Å². The largest absolute Gasteiger partial charge is 0.305 e. The lowest BCUT2D eigenvalue weighted by molar-refractivity contribution is 1.42. The summed E-state index contributed by atoms with van der Waals surface area (Å²) < 4.78 is 0. The Labute approximate surface area is 73.4 Å². The van der Waals surface area contributed by atoms with Crippen molar-refractivity contribution in [3.05, 3.63) is 35.4 Å². The highest BCUT2D eigenvalue weighted by atomic mass is 35.5. The molecule has 0 aliphatic rings. The second-order valence-corrected chi connectivity index (χ2v) is 2.49. The van der Waals surface area contributed by atoms with Crippen molar-refractivity contribution in [3.8, 4) is 0 Å². The van der Waals surface area contributed by atoms with E-state index in [9.17, 15) is 0 Å². The van der Waals surface area contributed by atoms with Gasteiger partial charge in [0, 0.05) is 5.71 Å². The van der Waals surface area contributed by atoms with Gasteiger partial charge in [-0.05, 0) is 19.4 Å². The predicted molar refractivity (Wildman–Crippen MR) is 50.9 cm³/mol. The van der Waals surface area contributed by atoms with Crippen LogP contribution in [0.4, 0.5) is 0 Å². The van der Waals surface area contributed by atoms with Crippen molar-refractivity contribution in [2.24, 2.45) is 0 Å². The highest BCUT2D eigenvalue weighted by Gasteiger charge is 1.91. The fourth-order valence-corrected chi connectivity index (χ4v) is 0.804. The molecular weight excluding hydrogens is 158 g/mol. The van der Waals surface area contributed by atoms with Gasteiger partial charge in [-0.2, -0.15) is 0 Å². The smallest absolute Gasteiger partial charge is 0.0355 e. The van der Waals surface area contributed by atoms with Crippen LogP contribution in [0, 0.1) is 12.3 Å². The summed E-state index contributed by atoms with van der Waals surface area (Å²) in [5, 5.41) is 7.31. The molecule has 11 heavy (non-hydrogen) atoms. The molecule has 0 radical (unpaired) electrons. The maximum Gasteiger partial charge on any atom is 0.0355 e. The minimum Gasteiger partial charge on any atom is -0.305 e. The number of nitrogens with one attached hydrogen (secondary N) is 1. The first-order valence-corrected chi connectivity index (χ1v) is 3.32. The Hall–Kier alpha value is -0.820. The van der Waals surface area contributed by atoms with Gasteiger partial charge in [0.15, 0.2) is 0 Å². The summed E-state index contributed by atoms with van der Waals surface area (Å²) in [7, 11) is 0. The van der Waals surface area contributed by atoms with Crippen LogP contribution in [0.15, 0.2) is 24.3 Å². The van der Waals surface area contributed by atoms with E-state index in [-0.39, 0.29) is 12.4 Å². The van der Waals surface area contributed by atoms with Crippen molar-refractivity contribution in [1.29, 1.82) is 5.41 Å². The lowest BCUT2D eigenvalue weighted by atomic mass is 10.1. The highest BCUT2D eigenvalue weighted by Crippen LogP contribution is 2.02. The fraction of sp³-hybridized carbons (Fsp3) is 0.222. The minimum absolute atomic E-state index is 0. The van der Waals surface area contributed by atoms with Crippen LogP contribution in [0.3, 0.4) is 0 Å². The molecule has 0 aliphatic heterocycles. The highest BCUT2D eigenvalue weighted by molar-refractivity contribution is 5.96. The van der Waals surface area contributed by atoms with Crippen molar-refractivity contribution in [1.82, 2.24) is 0 Å². The average Bonchev–Trinajstić information content (AvgIpc) is 1.88. The minimum atomic E-state index is 0. The van der Waals surface area contributed by atoms with Crippen LogP contribution in [0.5, 0.6) is 0 Å².